The molecule has 2 aliphatic rings. The van der Waals surface area contributed by atoms with Crippen LogP contribution in [0.4, 0.5) is 0 Å². The first-order valence-corrected chi connectivity index (χ1v) is 9.28. The molecule has 3 nitrogen and oxygen atoms in total. The molecule has 2 rings (SSSR count). The van der Waals surface area contributed by atoms with Gasteiger partial charge in [0.1, 0.15) is 0 Å². The van der Waals surface area contributed by atoms with Gasteiger partial charge < -0.3 is 10.2 Å². The van der Waals surface area contributed by atoms with Crippen LogP contribution in [0.2, 0.25) is 0 Å². The molecule has 1 aliphatic carbocycles. The Hall–Kier alpha value is -0.280. The van der Waals surface area contributed by atoms with Crippen LogP contribution in [0.3, 0.4) is 0 Å². The van der Waals surface area contributed by atoms with E-state index in [-0.39, 0.29) is 12.4 Å². The molecule has 4 heteroatoms. The lowest BCUT2D eigenvalue weighted by Crippen LogP contribution is -2.40. The standard InChI is InChI=1S/C18H34N2O.ClH/c1-2-19-15-17-11-13-20(14-12-17)18(21)10-6-9-16-7-4-3-5-8-16;/h16-17,19H,2-15H2,1H3;1H. The first-order chi connectivity index (χ1) is 10.3. The highest BCUT2D eigenvalue weighted by molar-refractivity contribution is 5.85. The molecule has 0 spiro atoms. The van der Waals surface area contributed by atoms with Gasteiger partial charge in [-0.05, 0) is 50.6 Å². The molecule has 2 fully saturated rings. The van der Waals surface area contributed by atoms with Gasteiger partial charge in [0.15, 0.2) is 0 Å². The Bertz CT molecular complexity index is 297. The van der Waals surface area contributed by atoms with Gasteiger partial charge in [0.05, 0.1) is 0 Å². The Morgan fingerprint density at radius 1 is 1.05 bits per heavy atom. The highest BCUT2D eigenvalue weighted by Gasteiger charge is 2.22. The van der Waals surface area contributed by atoms with Crippen molar-refractivity contribution in [2.24, 2.45) is 11.8 Å². The fourth-order valence-electron chi connectivity index (χ4n) is 3.91. The molecule has 130 valence electrons. The van der Waals surface area contributed by atoms with E-state index >= 15 is 0 Å². The van der Waals surface area contributed by atoms with Crippen molar-refractivity contribution in [2.75, 3.05) is 26.2 Å². The number of nitrogens with one attached hydrogen (secondary N) is 1. The summed E-state index contributed by atoms with van der Waals surface area (Å²) < 4.78 is 0. The number of amides is 1. The highest BCUT2D eigenvalue weighted by Crippen LogP contribution is 2.28. The number of rotatable bonds is 7. The SMILES string of the molecule is CCNCC1CCN(C(=O)CCCC2CCCCC2)CC1.Cl. The fraction of sp³-hybridized carbons (Fsp3) is 0.944. The minimum atomic E-state index is 0. The molecule has 0 aromatic carbocycles. The van der Waals surface area contributed by atoms with Crippen molar-refractivity contribution in [3.05, 3.63) is 0 Å². The molecule has 1 saturated carbocycles. The van der Waals surface area contributed by atoms with E-state index in [1.165, 1.54) is 51.4 Å². The monoisotopic (exact) mass is 330 g/mol. The molecule has 1 saturated heterocycles. The maximum absolute atomic E-state index is 12.3. The van der Waals surface area contributed by atoms with E-state index in [1.807, 2.05) is 0 Å². The van der Waals surface area contributed by atoms with Crippen molar-refractivity contribution in [1.82, 2.24) is 10.2 Å². The first kappa shape index (κ1) is 19.8. The summed E-state index contributed by atoms with van der Waals surface area (Å²) >= 11 is 0. The van der Waals surface area contributed by atoms with Gasteiger partial charge in [0.25, 0.3) is 0 Å². The molecule has 1 heterocycles. The maximum atomic E-state index is 12.3. The molecule has 0 bridgehead atoms. The molecule has 0 aromatic heterocycles. The number of nitrogens with zero attached hydrogens (tertiary/aromatic N) is 1. The van der Waals surface area contributed by atoms with Crippen LogP contribution in [0, 0.1) is 11.8 Å². The van der Waals surface area contributed by atoms with E-state index in [0.29, 0.717) is 5.91 Å². The van der Waals surface area contributed by atoms with E-state index in [1.54, 1.807) is 0 Å². The summed E-state index contributed by atoms with van der Waals surface area (Å²) in [6.45, 7) is 6.31. The van der Waals surface area contributed by atoms with Crippen molar-refractivity contribution in [3.8, 4) is 0 Å². The van der Waals surface area contributed by atoms with Crippen LogP contribution in [0.1, 0.15) is 71.1 Å². The van der Waals surface area contributed by atoms with Crippen LogP contribution in [0.15, 0.2) is 0 Å². The Morgan fingerprint density at radius 2 is 1.73 bits per heavy atom. The van der Waals surface area contributed by atoms with Gasteiger partial charge in [-0.15, -0.1) is 12.4 Å². The van der Waals surface area contributed by atoms with Crippen molar-refractivity contribution in [1.29, 1.82) is 0 Å². The number of carbonyl (C=O) groups is 1. The van der Waals surface area contributed by atoms with E-state index in [4.69, 9.17) is 0 Å². The summed E-state index contributed by atoms with van der Waals surface area (Å²) in [7, 11) is 0. The summed E-state index contributed by atoms with van der Waals surface area (Å²) in [6.07, 6.45) is 12.6. The Balaban J connectivity index is 0.00000242. The van der Waals surface area contributed by atoms with E-state index in [2.05, 4.69) is 17.1 Å². The van der Waals surface area contributed by atoms with Crippen LogP contribution >= 0.6 is 12.4 Å². The van der Waals surface area contributed by atoms with Gasteiger partial charge in [-0.25, -0.2) is 0 Å². The maximum Gasteiger partial charge on any atom is 0.222 e. The Labute approximate surface area is 143 Å². The average Bonchev–Trinajstić information content (AvgIpc) is 2.54. The Morgan fingerprint density at radius 3 is 2.36 bits per heavy atom. The van der Waals surface area contributed by atoms with Crippen LogP contribution < -0.4 is 5.32 Å². The molecule has 0 atom stereocenters. The van der Waals surface area contributed by atoms with Crippen molar-refractivity contribution >= 4 is 18.3 Å². The summed E-state index contributed by atoms with van der Waals surface area (Å²) in [4.78, 5) is 14.4. The van der Waals surface area contributed by atoms with E-state index in [9.17, 15) is 4.79 Å². The number of likely N-dealkylation sites (tertiary alicyclic amines) is 1. The minimum Gasteiger partial charge on any atom is -0.343 e. The lowest BCUT2D eigenvalue weighted by atomic mass is 9.86. The van der Waals surface area contributed by atoms with Crippen LogP contribution in [-0.4, -0.2) is 37.0 Å². The fourth-order valence-corrected chi connectivity index (χ4v) is 3.91. The zero-order chi connectivity index (χ0) is 14.9. The molecule has 1 amide bonds. The normalized spacial score (nSPS) is 20.7. The van der Waals surface area contributed by atoms with Crippen LogP contribution in [0.5, 0.6) is 0 Å². The van der Waals surface area contributed by atoms with Crippen LogP contribution in [0.25, 0.3) is 0 Å². The molecule has 0 radical (unpaired) electrons. The van der Waals surface area contributed by atoms with Gasteiger partial charge in [-0.2, -0.15) is 0 Å². The number of halogens is 1. The largest absolute Gasteiger partial charge is 0.343 e. The quantitative estimate of drug-likeness (QED) is 0.765. The predicted octanol–water partition coefficient (Wildman–Crippen LogP) is 4.01. The van der Waals surface area contributed by atoms with Gasteiger partial charge >= 0.3 is 0 Å². The first-order valence-electron chi connectivity index (χ1n) is 9.28. The predicted molar refractivity (Wildman–Crippen MR) is 95.5 cm³/mol. The topological polar surface area (TPSA) is 32.3 Å². The summed E-state index contributed by atoms with van der Waals surface area (Å²) in [6, 6.07) is 0. The lowest BCUT2D eigenvalue weighted by Gasteiger charge is -2.32. The third-order valence-corrected chi connectivity index (χ3v) is 5.38. The second-order valence-corrected chi connectivity index (χ2v) is 7.03. The third kappa shape index (κ3) is 6.87. The number of piperidine rings is 1. The van der Waals surface area contributed by atoms with Gasteiger partial charge in [-0.1, -0.05) is 39.0 Å². The highest BCUT2D eigenvalue weighted by atomic mass is 35.5. The second kappa shape index (κ2) is 11.3. The molecule has 22 heavy (non-hydrogen) atoms. The number of carbonyl (C=O) groups excluding carboxylic acids is 1. The molecule has 1 aliphatic heterocycles. The van der Waals surface area contributed by atoms with Crippen LogP contribution in [-0.2, 0) is 4.79 Å². The summed E-state index contributed by atoms with van der Waals surface area (Å²) in [5.74, 6) is 2.10. The molecule has 0 aromatic rings. The lowest BCUT2D eigenvalue weighted by molar-refractivity contribution is -0.132. The summed E-state index contributed by atoms with van der Waals surface area (Å²) in [5.41, 5.74) is 0. The van der Waals surface area contributed by atoms with Gasteiger partial charge in [0.2, 0.25) is 5.91 Å². The molecule has 0 unspecified atom stereocenters. The molecule has 1 N–H and O–H groups in total. The molecular weight excluding hydrogens is 296 g/mol. The second-order valence-electron chi connectivity index (χ2n) is 7.03. The number of hydrogen-bond donors (Lipinski definition) is 1. The number of hydrogen-bond acceptors (Lipinski definition) is 2. The van der Waals surface area contributed by atoms with Crippen molar-refractivity contribution in [2.45, 2.75) is 71.1 Å². The molecular formula is C18H35ClN2O. The zero-order valence-corrected chi connectivity index (χ0v) is 15.1. The smallest absolute Gasteiger partial charge is 0.222 e. The average molecular weight is 331 g/mol. The summed E-state index contributed by atoms with van der Waals surface area (Å²) in [5, 5.41) is 3.43. The van der Waals surface area contributed by atoms with Gasteiger partial charge in [-0.3, -0.25) is 4.79 Å². The van der Waals surface area contributed by atoms with E-state index in [0.717, 1.165) is 50.9 Å². The van der Waals surface area contributed by atoms with Gasteiger partial charge in [0, 0.05) is 19.5 Å². The Kier molecular flexibility index (Phi) is 10.1. The van der Waals surface area contributed by atoms with Crippen molar-refractivity contribution < 1.29 is 4.79 Å². The third-order valence-electron chi connectivity index (χ3n) is 5.38. The van der Waals surface area contributed by atoms with E-state index < -0.39 is 0 Å². The van der Waals surface area contributed by atoms with Crippen molar-refractivity contribution in [3.63, 3.8) is 0 Å². The zero-order valence-electron chi connectivity index (χ0n) is 14.3. The minimum absolute atomic E-state index is 0.